The van der Waals surface area contributed by atoms with Gasteiger partial charge in [0.15, 0.2) is 5.75 Å². The highest BCUT2D eigenvalue weighted by atomic mass is 16.5. The quantitative estimate of drug-likeness (QED) is 0.777. The summed E-state index contributed by atoms with van der Waals surface area (Å²) in [7, 11) is 0. The van der Waals surface area contributed by atoms with Crippen LogP contribution in [0, 0.1) is 5.92 Å². The lowest BCUT2D eigenvalue weighted by molar-refractivity contribution is -0.116. The van der Waals surface area contributed by atoms with Crippen molar-refractivity contribution in [3.63, 3.8) is 0 Å². The molecule has 3 nitrogen and oxygen atoms in total. The molecule has 0 bridgehead atoms. The smallest absolute Gasteiger partial charge is 0.224 e. The SMILES string of the molecule is O=C(CCC1CCCC1)Nc1ccccc1Oc1ccccc1. The van der Waals surface area contributed by atoms with Crippen LogP contribution in [0.3, 0.4) is 0 Å². The Hall–Kier alpha value is -2.29. The Balaban J connectivity index is 1.59. The van der Waals surface area contributed by atoms with Crippen LogP contribution < -0.4 is 10.1 Å². The highest BCUT2D eigenvalue weighted by Gasteiger charge is 2.16. The number of rotatable bonds is 6. The number of carbonyl (C=O) groups is 1. The molecule has 1 aliphatic rings. The van der Waals surface area contributed by atoms with Crippen molar-refractivity contribution >= 4 is 11.6 Å². The van der Waals surface area contributed by atoms with Gasteiger partial charge in [-0.25, -0.2) is 0 Å². The first-order valence-corrected chi connectivity index (χ1v) is 8.43. The lowest BCUT2D eigenvalue weighted by Gasteiger charge is -2.13. The lowest BCUT2D eigenvalue weighted by Crippen LogP contribution is -2.13. The average molecular weight is 309 g/mol. The molecule has 3 heteroatoms. The topological polar surface area (TPSA) is 38.3 Å². The Bertz CT molecular complexity index is 633. The fourth-order valence-electron chi connectivity index (χ4n) is 3.12. The Morgan fingerprint density at radius 2 is 1.70 bits per heavy atom. The lowest BCUT2D eigenvalue weighted by atomic mass is 10.0. The van der Waals surface area contributed by atoms with Crippen LogP contribution in [0.15, 0.2) is 54.6 Å². The predicted molar refractivity (Wildman–Crippen MR) is 92.8 cm³/mol. The number of benzene rings is 2. The van der Waals surface area contributed by atoms with E-state index in [0.717, 1.165) is 23.8 Å². The fraction of sp³-hybridized carbons (Fsp3) is 0.350. The van der Waals surface area contributed by atoms with Crippen molar-refractivity contribution in [2.75, 3.05) is 5.32 Å². The van der Waals surface area contributed by atoms with Gasteiger partial charge < -0.3 is 10.1 Å². The van der Waals surface area contributed by atoms with Crippen molar-refractivity contribution in [3.05, 3.63) is 54.6 Å². The molecule has 0 aliphatic heterocycles. The fourth-order valence-corrected chi connectivity index (χ4v) is 3.12. The maximum atomic E-state index is 12.2. The number of para-hydroxylation sites is 3. The van der Waals surface area contributed by atoms with Gasteiger partial charge in [-0.05, 0) is 36.6 Å². The Morgan fingerprint density at radius 1 is 1.00 bits per heavy atom. The molecule has 0 radical (unpaired) electrons. The van der Waals surface area contributed by atoms with Crippen LogP contribution in [0.2, 0.25) is 0 Å². The normalized spacial score (nSPS) is 14.6. The molecule has 0 heterocycles. The van der Waals surface area contributed by atoms with Crippen LogP contribution in [0.25, 0.3) is 0 Å². The average Bonchev–Trinajstić information content (AvgIpc) is 3.09. The van der Waals surface area contributed by atoms with E-state index in [1.807, 2.05) is 54.6 Å². The van der Waals surface area contributed by atoms with Gasteiger partial charge in [0.05, 0.1) is 5.69 Å². The molecule has 1 amide bonds. The number of carbonyl (C=O) groups excluding carboxylic acids is 1. The van der Waals surface area contributed by atoms with E-state index < -0.39 is 0 Å². The Labute approximate surface area is 137 Å². The minimum absolute atomic E-state index is 0.0704. The van der Waals surface area contributed by atoms with E-state index in [1.54, 1.807) is 0 Å². The Kier molecular flexibility index (Phi) is 5.30. The van der Waals surface area contributed by atoms with Crippen molar-refractivity contribution in [3.8, 4) is 11.5 Å². The molecule has 1 saturated carbocycles. The summed E-state index contributed by atoms with van der Waals surface area (Å²) in [6.45, 7) is 0. The van der Waals surface area contributed by atoms with E-state index in [0.29, 0.717) is 12.2 Å². The van der Waals surface area contributed by atoms with Crippen molar-refractivity contribution < 1.29 is 9.53 Å². The van der Waals surface area contributed by atoms with Gasteiger partial charge in [0.25, 0.3) is 0 Å². The highest BCUT2D eigenvalue weighted by Crippen LogP contribution is 2.31. The van der Waals surface area contributed by atoms with Gasteiger partial charge in [-0.2, -0.15) is 0 Å². The molecule has 1 N–H and O–H groups in total. The van der Waals surface area contributed by atoms with Crippen LogP contribution in [0.5, 0.6) is 11.5 Å². The zero-order valence-electron chi connectivity index (χ0n) is 13.3. The molecule has 3 rings (SSSR count). The maximum Gasteiger partial charge on any atom is 0.224 e. The predicted octanol–water partition coefficient (Wildman–Crippen LogP) is 5.39. The summed E-state index contributed by atoms with van der Waals surface area (Å²) < 4.78 is 5.87. The first-order valence-electron chi connectivity index (χ1n) is 8.43. The summed E-state index contributed by atoms with van der Waals surface area (Å²) in [6.07, 6.45) is 6.78. The highest BCUT2D eigenvalue weighted by molar-refractivity contribution is 5.92. The summed E-state index contributed by atoms with van der Waals surface area (Å²) in [5, 5.41) is 2.99. The van der Waals surface area contributed by atoms with Crippen LogP contribution in [-0.2, 0) is 4.79 Å². The third-order valence-corrected chi connectivity index (χ3v) is 4.39. The first-order chi connectivity index (χ1) is 11.3. The molecule has 2 aromatic rings. The largest absolute Gasteiger partial charge is 0.455 e. The van der Waals surface area contributed by atoms with Crippen molar-refractivity contribution in [1.29, 1.82) is 0 Å². The second-order valence-corrected chi connectivity index (χ2v) is 6.15. The minimum atomic E-state index is 0.0704. The van der Waals surface area contributed by atoms with Gasteiger partial charge in [-0.1, -0.05) is 56.0 Å². The van der Waals surface area contributed by atoms with Gasteiger partial charge in [0, 0.05) is 6.42 Å². The zero-order chi connectivity index (χ0) is 15.9. The van der Waals surface area contributed by atoms with Crippen LogP contribution in [0.1, 0.15) is 38.5 Å². The van der Waals surface area contributed by atoms with E-state index in [9.17, 15) is 4.79 Å². The van der Waals surface area contributed by atoms with E-state index >= 15 is 0 Å². The summed E-state index contributed by atoms with van der Waals surface area (Å²) in [4.78, 5) is 12.2. The molecule has 0 spiro atoms. The van der Waals surface area contributed by atoms with Crippen molar-refractivity contribution in [2.24, 2.45) is 5.92 Å². The molecule has 0 atom stereocenters. The van der Waals surface area contributed by atoms with Gasteiger partial charge in [0.1, 0.15) is 5.75 Å². The maximum absolute atomic E-state index is 12.2. The van der Waals surface area contributed by atoms with E-state index in [1.165, 1.54) is 25.7 Å². The van der Waals surface area contributed by atoms with Gasteiger partial charge in [-0.3, -0.25) is 4.79 Å². The van der Waals surface area contributed by atoms with Crippen LogP contribution in [0.4, 0.5) is 5.69 Å². The van der Waals surface area contributed by atoms with Gasteiger partial charge >= 0.3 is 0 Å². The summed E-state index contributed by atoms with van der Waals surface area (Å²) in [5.74, 6) is 2.24. The number of ether oxygens (including phenoxy) is 1. The molecule has 1 fully saturated rings. The first kappa shape index (κ1) is 15.6. The second kappa shape index (κ2) is 7.82. The Morgan fingerprint density at radius 3 is 2.48 bits per heavy atom. The van der Waals surface area contributed by atoms with E-state index in [-0.39, 0.29) is 5.91 Å². The van der Waals surface area contributed by atoms with E-state index in [4.69, 9.17) is 4.74 Å². The number of hydrogen-bond acceptors (Lipinski definition) is 2. The molecular formula is C20H23NO2. The van der Waals surface area contributed by atoms with Crippen molar-refractivity contribution in [1.82, 2.24) is 0 Å². The second-order valence-electron chi connectivity index (χ2n) is 6.15. The van der Waals surface area contributed by atoms with Crippen LogP contribution >= 0.6 is 0 Å². The molecular weight excluding hydrogens is 286 g/mol. The zero-order valence-corrected chi connectivity index (χ0v) is 13.3. The standard InChI is InChI=1S/C20H23NO2/c22-20(15-14-16-8-4-5-9-16)21-18-12-6-7-13-19(18)23-17-10-2-1-3-11-17/h1-3,6-7,10-13,16H,4-5,8-9,14-15H2,(H,21,22). The monoisotopic (exact) mass is 309 g/mol. The molecule has 120 valence electrons. The minimum Gasteiger partial charge on any atom is -0.455 e. The molecule has 0 saturated heterocycles. The third kappa shape index (κ3) is 4.59. The number of hydrogen-bond donors (Lipinski definition) is 1. The summed E-state index contributed by atoms with van der Waals surface area (Å²) in [5.41, 5.74) is 0.729. The van der Waals surface area contributed by atoms with Gasteiger partial charge in [-0.15, -0.1) is 0 Å². The number of amides is 1. The summed E-state index contributed by atoms with van der Waals surface area (Å²) in [6, 6.07) is 17.2. The van der Waals surface area contributed by atoms with Crippen molar-refractivity contribution in [2.45, 2.75) is 38.5 Å². The number of nitrogens with one attached hydrogen (secondary N) is 1. The molecule has 0 unspecified atom stereocenters. The molecule has 2 aromatic carbocycles. The van der Waals surface area contributed by atoms with E-state index in [2.05, 4.69) is 5.32 Å². The third-order valence-electron chi connectivity index (χ3n) is 4.39. The molecule has 1 aliphatic carbocycles. The summed E-state index contributed by atoms with van der Waals surface area (Å²) >= 11 is 0. The van der Waals surface area contributed by atoms with Gasteiger partial charge in [0.2, 0.25) is 5.91 Å². The molecule has 23 heavy (non-hydrogen) atoms. The number of anilines is 1. The van der Waals surface area contributed by atoms with Crippen LogP contribution in [-0.4, -0.2) is 5.91 Å². The molecule has 0 aromatic heterocycles.